The molecule has 0 aliphatic heterocycles. The second-order valence-corrected chi connectivity index (χ2v) is 22.8. The Kier molecular flexibility index (Phi) is 13.2. The normalized spacial score (nSPS) is 28.7. The first-order chi connectivity index (χ1) is 32.7. The molecular formula is C54H58O12P2. The van der Waals surface area contributed by atoms with Gasteiger partial charge >= 0.3 is 15.2 Å². The van der Waals surface area contributed by atoms with Crippen molar-refractivity contribution < 1.29 is 57.9 Å². The van der Waals surface area contributed by atoms with Crippen molar-refractivity contribution in [3.8, 4) is 0 Å². The van der Waals surface area contributed by atoms with Gasteiger partial charge in [-0.15, -0.1) is 0 Å². The van der Waals surface area contributed by atoms with Gasteiger partial charge in [-0.2, -0.15) is 0 Å². The van der Waals surface area contributed by atoms with E-state index in [4.69, 9.17) is 18.1 Å². The van der Waals surface area contributed by atoms with E-state index in [1.807, 2.05) is 0 Å². The van der Waals surface area contributed by atoms with E-state index < -0.39 is 93.0 Å². The minimum Gasteiger partial charge on any atom is -0.383 e. The first-order valence-corrected chi connectivity index (χ1v) is 26.1. The Morgan fingerprint density at radius 3 is 0.838 bits per heavy atom. The highest BCUT2D eigenvalue weighted by molar-refractivity contribution is 7.60. The molecule has 9 rings (SSSR count). The molecule has 0 bridgehead atoms. The summed E-state index contributed by atoms with van der Waals surface area (Å²) >= 11 is 0. The van der Waals surface area contributed by atoms with E-state index in [2.05, 4.69) is 0 Å². The van der Waals surface area contributed by atoms with Crippen molar-refractivity contribution in [2.75, 3.05) is 0 Å². The minimum absolute atomic E-state index is 0.0412. The molecule has 1 spiro atoms. The molecule has 6 atom stereocenters. The van der Waals surface area contributed by atoms with E-state index in [1.54, 1.807) is 182 Å². The van der Waals surface area contributed by atoms with Gasteiger partial charge in [-0.3, -0.25) is 9.13 Å². The van der Waals surface area contributed by atoms with Crippen LogP contribution < -0.4 is 0 Å². The Morgan fingerprint density at radius 2 is 0.588 bits per heavy atom. The van der Waals surface area contributed by atoms with E-state index >= 15 is 9.13 Å². The smallest absolute Gasteiger partial charge is 0.369 e. The third kappa shape index (κ3) is 7.28. The zero-order chi connectivity index (χ0) is 47.8. The summed E-state index contributed by atoms with van der Waals surface area (Å²) in [6.45, 7) is -2.34. The lowest BCUT2D eigenvalue weighted by molar-refractivity contribution is -0.339. The molecule has 3 aliphatic carbocycles. The molecule has 0 aromatic heterocycles. The number of fused-ring (bicyclic) bond motifs is 3. The van der Waals surface area contributed by atoms with E-state index in [9.17, 15) is 30.6 Å². The van der Waals surface area contributed by atoms with Gasteiger partial charge in [-0.25, -0.2) is 0 Å². The first-order valence-electron chi connectivity index (χ1n) is 23.0. The minimum atomic E-state index is -5.95. The van der Waals surface area contributed by atoms with E-state index in [0.717, 1.165) is 0 Å². The number of rotatable bonds is 18. The summed E-state index contributed by atoms with van der Waals surface area (Å²) in [5, 5.41) is 78.2. The summed E-state index contributed by atoms with van der Waals surface area (Å²) in [5.41, 5.74) is -12.8. The third-order valence-electron chi connectivity index (χ3n) is 14.8. The molecule has 6 aromatic rings. The van der Waals surface area contributed by atoms with Crippen LogP contribution >= 0.6 is 15.2 Å². The fourth-order valence-electron chi connectivity index (χ4n) is 11.5. The maximum atomic E-state index is 17.1. The fourth-order valence-corrected chi connectivity index (χ4v) is 16.9. The summed E-state index contributed by atoms with van der Waals surface area (Å²) in [6.07, 6.45) is -0.374. The standard InChI is InChI=1S/C54H58O12P2/c55-49(36-42-22-8-1-9-23-42)51(57)48(34-20-7-21-35-48)52(51,58)50(56,37-43-24-10-2-11-25-43)54(60,68(62,65-40-46-30-16-5-17-31-46)66-41-47-32-18-6-19-33-47)53(49,59)67(61,63-38-44-26-12-3-13-27-44)64-39-45-28-14-4-15-29-45/h1-6,8-19,22-33,55-60H,7,20-21,34-41H2/t49-,50-,51-,52+,53-,54-/m1/s1. The molecule has 3 fully saturated rings. The summed E-state index contributed by atoms with van der Waals surface area (Å²) in [7, 11) is -11.9. The lowest BCUT2D eigenvalue weighted by Crippen LogP contribution is -2.87. The van der Waals surface area contributed by atoms with E-state index in [-0.39, 0.29) is 24.0 Å². The summed E-state index contributed by atoms with van der Waals surface area (Å²) < 4.78 is 59.9. The second kappa shape index (κ2) is 18.6. The highest BCUT2D eigenvalue weighted by atomic mass is 31.2. The average Bonchev–Trinajstić information content (AvgIpc) is 3.81. The Hall–Kier alpha value is -4.62. The zero-order valence-corrected chi connectivity index (χ0v) is 39.4. The number of hydrogen-bond acceptors (Lipinski definition) is 12. The molecule has 3 aliphatic rings. The molecular weight excluding hydrogens is 903 g/mol. The van der Waals surface area contributed by atoms with Gasteiger partial charge in [0.15, 0.2) is 0 Å². The molecule has 14 heteroatoms. The average molecular weight is 961 g/mol. The van der Waals surface area contributed by atoms with Gasteiger partial charge in [0.1, 0.15) is 22.4 Å². The highest BCUT2D eigenvalue weighted by Gasteiger charge is 3.09. The molecule has 0 radical (unpaired) electrons. The van der Waals surface area contributed by atoms with E-state index in [0.29, 0.717) is 41.5 Å². The van der Waals surface area contributed by atoms with Crippen molar-refractivity contribution in [1.82, 2.24) is 0 Å². The molecule has 0 amide bonds. The van der Waals surface area contributed by atoms with Crippen LogP contribution in [0.15, 0.2) is 182 Å². The van der Waals surface area contributed by atoms with Crippen LogP contribution in [0.5, 0.6) is 0 Å². The molecule has 12 nitrogen and oxygen atoms in total. The lowest BCUT2D eigenvalue weighted by Gasteiger charge is -2.64. The van der Waals surface area contributed by atoms with Crippen LogP contribution in [-0.4, -0.2) is 63.7 Å². The Bertz CT molecular complexity index is 2460. The van der Waals surface area contributed by atoms with Crippen LogP contribution in [0.4, 0.5) is 0 Å². The van der Waals surface area contributed by atoms with Gasteiger partial charge in [0.05, 0.1) is 26.4 Å². The fraction of sp³-hybridized carbons (Fsp3) is 0.333. The second-order valence-electron chi connectivity index (χ2n) is 18.5. The quantitative estimate of drug-likeness (QED) is 0.0449. The van der Waals surface area contributed by atoms with Crippen LogP contribution in [0, 0.1) is 5.41 Å². The van der Waals surface area contributed by atoms with Crippen LogP contribution in [-0.2, 0) is 66.5 Å². The van der Waals surface area contributed by atoms with Crippen molar-refractivity contribution in [1.29, 1.82) is 0 Å². The topological polar surface area (TPSA) is 192 Å². The van der Waals surface area contributed by atoms with E-state index in [1.165, 1.54) is 0 Å². The number of hydrogen-bond donors (Lipinski definition) is 6. The predicted molar refractivity (Wildman–Crippen MR) is 256 cm³/mol. The van der Waals surface area contributed by atoms with Crippen molar-refractivity contribution in [2.45, 2.75) is 104 Å². The lowest BCUT2D eigenvalue weighted by atomic mass is 9.63. The maximum Gasteiger partial charge on any atom is 0.369 e. The molecule has 356 valence electrons. The van der Waals surface area contributed by atoms with Crippen LogP contribution in [0.3, 0.4) is 0 Å². The van der Waals surface area contributed by atoms with Crippen LogP contribution in [0.1, 0.15) is 65.5 Å². The molecule has 68 heavy (non-hydrogen) atoms. The highest BCUT2D eigenvalue weighted by Crippen LogP contribution is 2.92. The van der Waals surface area contributed by atoms with Gasteiger partial charge in [-0.1, -0.05) is 201 Å². The van der Waals surface area contributed by atoms with Gasteiger partial charge in [0, 0.05) is 18.3 Å². The zero-order valence-electron chi connectivity index (χ0n) is 37.6. The van der Waals surface area contributed by atoms with Gasteiger partial charge < -0.3 is 48.7 Å². The number of aliphatic hydroxyl groups is 6. The Morgan fingerprint density at radius 1 is 0.353 bits per heavy atom. The summed E-state index contributed by atoms with van der Waals surface area (Å²) in [5.74, 6) is 0. The van der Waals surface area contributed by atoms with Crippen molar-refractivity contribution in [2.24, 2.45) is 5.41 Å². The molecule has 6 N–H and O–H groups in total. The maximum absolute atomic E-state index is 17.1. The van der Waals surface area contributed by atoms with Crippen molar-refractivity contribution >= 4 is 15.2 Å². The molecule has 0 saturated heterocycles. The molecule has 6 aromatic carbocycles. The first kappa shape index (κ1) is 48.4. The largest absolute Gasteiger partial charge is 0.383 e. The Labute approximate surface area is 396 Å². The Balaban J connectivity index is 1.40. The molecule has 0 unspecified atom stereocenters. The molecule has 3 saturated carbocycles. The van der Waals surface area contributed by atoms with Crippen molar-refractivity contribution in [3.05, 3.63) is 215 Å². The van der Waals surface area contributed by atoms with Gasteiger partial charge in [0.2, 0.25) is 10.7 Å². The third-order valence-corrected chi connectivity index (χ3v) is 19.8. The summed E-state index contributed by atoms with van der Waals surface area (Å²) in [4.78, 5) is 0. The van der Waals surface area contributed by atoms with Gasteiger partial charge in [-0.05, 0) is 46.2 Å². The SMILES string of the molecule is O=P(OCc1ccccc1)(OCc1ccccc1)[C@]1(O)[C@@](O)(Cc2ccccc2)[C@]2(O)C3(CCCCC3)[C@]2(O)[C@](O)(Cc2ccccc2)[C@@]1(O)P(=O)(OCc1ccccc1)OCc1ccccc1. The molecule has 0 heterocycles. The van der Waals surface area contributed by atoms with Crippen molar-refractivity contribution in [3.63, 3.8) is 0 Å². The van der Waals surface area contributed by atoms with Crippen LogP contribution in [0.2, 0.25) is 0 Å². The van der Waals surface area contributed by atoms with Gasteiger partial charge in [0.25, 0.3) is 0 Å². The number of benzene rings is 6. The predicted octanol–water partition coefficient (Wildman–Crippen LogP) is 9.00. The summed E-state index contributed by atoms with van der Waals surface area (Å²) in [6, 6.07) is 50.2. The monoisotopic (exact) mass is 960 g/mol. The van der Waals surface area contributed by atoms with Crippen LogP contribution in [0.25, 0.3) is 0 Å².